The Bertz CT molecular complexity index is 2710. The molecule has 21 heteroatoms. The van der Waals surface area contributed by atoms with Crippen LogP contribution in [0.2, 0.25) is 0 Å². The molecule has 10 rings (SSSR count). The third-order valence-corrected chi connectivity index (χ3v) is 13.7. The maximum absolute atomic E-state index is 15.3. The topological polar surface area (TPSA) is 224 Å². The number of fused-ring (bicyclic) bond motifs is 1. The summed E-state index contributed by atoms with van der Waals surface area (Å²) in [6, 6.07) is 2.42. The van der Waals surface area contributed by atoms with Gasteiger partial charge in [0.15, 0.2) is 23.8 Å². The zero-order valence-electron chi connectivity index (χ0n) is 37.7. The van der Waals surface area contributed by atoms with E-state index in [1.807, 2.05) is 25.5 Å². The lowest BCUT2D eigenvalue weighted by atomic mass is 9.90. The largest absolute Gasteiger partial charge is 0.439 e. The van der Waals surface area contributed by atoms with Gasteiger partial charge in [-0.15, -0.1) is 0 Å². The number of nitrogen functional groups attached to an aromatic ring is 1. The fraction of sp³-hybridized carbons (Fsp3) is 0.522. The average molecular weight is 922 g/mol. The van der Waals surface area contributed by atoms with Gasteiger partial charge in [0.25, 0.3) is 5.91 Å². The molecular formula is C46H53F2N13O6. The second kappa shape index (κ2) is 17.5. The van der Waals surface area contributed by atoms with E-state index < -0.39 is 35.1 Å². The number of rotatable bonds is 10. The van der Waals surface area contributed by atoms with Crippen LogP contribution in [0.3, 0.4) is 0 Å². The van der Waals surface area contributed by atoms with Crippen LogP contribution in [0, 0.1) is 17.6 Å². The fourth-order valence-electron chi connectivity index (χ4n) is 9.72. The minimum absolute atomic E-state index is 0.00623. The number of halogens is 2. The van der Waals surface area contributed by atoms with Crippen LogP contribution in [0.1, 0.15) is 93.9 Å². The smallest absolute Gasteiger partial charge is 0.410 e. The summed E-state index contributed by atoms with van der Waals surface area (Å²) < 4.78 is 43.8. The number of imide groups is 1. The molecule has 5 aliphatic rings. The van der Waals surface area contributed by atoms with E-state index in [0.717, 1.165) is 37.8 Å². The number of hydrogen-bond acceptors (Lipinski definition) is 15. The number of nitrogens with zero attached hydrogens (tertiary/aromatic N) is 11. The molecule has 67 heavy (non-hydrogen) atoms. The quantitative estimate of drug-likeness (QED) is 0.184. The monoisotopic (exact) mass is 921 g/mol. The Hall–Kier alpha value is -6.64. The van der Waals surface area contributed by atoms with Gasteiger partial charge in [-0.3, -0.25) is 24.6 Å². The predicted octanol–water partition coefficient (Wildman–Crippen LogP) is 4.55. The summed E-state index contributed by atoms with van der Waals surface area (Å²) in [6.45, 7) is 10.6. The Morgan fingerprint density at radius 3 is 2.22 bits per heavy atom. The van der Waals surface area contributed by atoms with Gasteiger partial charge in [-0.05, 0) is 82.1 Å². The van der Waals surface area contributed by atoms with Crippen LogP contribution >= 0.6 is 0 Å². The van der Waals surface area contributed by atoms with Gasteiger partial charge >= 0.3 is 6.09 Å². The first-order valence-corrected chi connectivity index (χ1v) is 23.0. The Labute approximate surface area is 384 Å². The van der Waals surface area contributed by atoms with Crippen LogP contribution in [-0.2, 0) is 24.7 Å². The van der Waals surface area contributed by atoms with Gasteiger partial charge < -0.3 is 29.7 Å². The molecule has 1 saturated carbocycles. The molecular weight excluding hydrogens is 869 g/mol. The van der Waals surface area contributed by atoms with Crippen molar-refractivity contribution in [1.82, 2.24) is 54.9 Å². The van der Waals surface area contributed by atoms with Crippen molar-refractivity contribution >= 4 is 46.4 Å². The number of hydrogen-bond donors (Lipinski definition) is 2. The van der Waals surface area contributed by atoms with Crippen molar-refractivity contribution in [1.29, 1.82) is 0 Å². The number of piperazine rings is 1. The zero-order valence-corrected chi connectivity index (χ0v) is 37.7. The highest BCUT2D eigenvalue weighted by Crippen LogP contribution is 2.48. The molecule has 0 spiro atoms. The molecule has 4 aromatic heterocycles. The highest BCUT2D eigenvalue weighted by molar-refractivity contribution is 6.01. The molecule has 8 heterocycles. The lowest BCUT2D eigenvalue weighted by Gasteiger charge is -2.40. The number of nitrogens with two attached hydrogens (primary N) is 1. The van der Waals surface area contributed by atoms with Crippen molar-refractivity contribution in [3.8, 4) is 22.8 Å². The number of carbonyl (C=O) groups excluding carboxylic acids is 4. The van der Waals surface area contributed by atoms with Crippen molar-refractivity contribution in [2.45, 2.75) is 82.6 Å². The fourth-order valence-corrected chi connectivity index (χ4v) is 9.72. The normalized spacial score (nSPS) is 20.1. The summed E-state index contributed by atoms with van der Waals surface area (Å²) in [5.74, 6) is -1.39. The number of benzene rings is 1. The lowest BCUT2D eigenvalue weighted by molar-refractivity contribution is -0.136. The number of ether oxygens (including phenoxy) is 1. The van der Waals surface area contributed by atoms with Crippen LogP contribution < -0.4 is 16.0 Å². The van der Waals surface area contributed by atoms with Gasteiger partial charge in [0.05, 0.1) is 22.4 Å². The van der Waals surface area contributed by atoms with E-state index in [4.69, 9.17) is 30.1 Å². The van der Waals surface area contributed by atoms with Crippen LogP contribution in [0.25, 0.3) is 33.8 Å². The van der Waals surface area contributed by atoms with E-state index >= 15 is 8.78 Å². The summed E-state index contributed by atoms with van der Waals surface area (Å²) in [6.07, 6.45) is 8.25. The average Bonchev–Trinajstić information content (AvgIpc) is 3.90. The number of likely N-dealkylation sites (tertiary alicyclic amines) is 2. The molecule has 5 fully saturated rings. The van der Waals surface area contributed by atoms with E-state index in [1.165, 1.54) is 18.5 Å². The van der Waals surface area contributed by atoms with Crippen molar-refractivity contribution in [3.63, 3.8) is 0 Å². The molecule has 1 unspecified atom stereocenters. The molecule has 352 valence electrons. The van der Waals surface area contributed by atoms with Crippen LogP contribution in [0.15, 0.2) is 35.4 Å². The summed E-state index contributed by atoms with van der Waals surface area (Å²) in [4.78, 5) is 75.4. The van der Waals surface area contributed by atoms with Crippen molar-refractivity contribution in [2.75, 3.05) is 76.1 Å². The van der Waals surface area contributed by atoms with Gasteiger partial charge in [-0.2, -0.15) is 5.10 Å². The number of piperidine rings is 2. The second-order valence-electron chi connectivity index (χ2n) is 19.4. The standard InChI is InChI=1S/C46H53F2N13O6/c1-46(2,3)61-43-36(41(49)52-24-53-43)37(55-61)38-35(40(67-56-38)26-4-5-26)42-50-18-28(19-51-42)29-21-60(22-29)45(65)66-23-34(63)58-10-8-25(9-11-58)20-57-12-14-59(15-13-57)39-31(47)16-27(17-32(39)48)30-6-7-33(62)54-44(30)64/h16-19,24-26,29-30H,4-15,20-23H2,1-3H3,(H2,49,52,53)(H,54,62,64). The van der Waals surface area contributed by atoms with Crippen LogP contribution in [0.4, 0.5) is 25.1 Å². The molecule has 4 amide bonds. The number of nitrogens with one attached hydrogen (secondary N) is 1. The maximum atomic E-state index is 15.3. The molecule has 1 aliphatic carbocycles. The molecule has 1 atom stereocenters. The first kappa shape index (κ1) is 44.2. The summed E-state index contributed by atoms with van der Waals surface area (Å²) in [7, 11) is 0. The Morgan fingerprint density at radius 1 is 0.866 bits per heavy atom. The van der Waals surface area contributed by atoms with Gasteiger partial charge in [0.2, 0.25) is 11.8 Å². The van der Waals surface area contributed by atoms with Crippen molar-refractivity contribution in [3.05, 3.63) is 59.4 Å². The van der Waals surface area contributed by atoms with Crippen molar-refractivity contribution in [2.24, 2.45) is 5.92 Å². The van der Waals surface area contributed by atoms with E-state index in [2.05, 4.69) is 25.3 Å². The minimum Gasteiger partial charge on any atom is -0.439 e. The van der Waals surface area contributed by atoms with Gasteiger partial charge in [0.1, 0.15) is 40.9 Å². The van der Waals surface area contributed by atoms with Crippen LogP contribution in [-0.4, -0.2) is 139 Å². The third kappa shape index (κ3) is 8.75. The maximum Gasteiger partial charge on any atom is 0.410 e. The Kier molecular flexibility index (Phi) is 11.6. The van der Waals surface area contributed by atoms with Gasteiger partial charge in [-0.25, -0.2) is 38.2 Å². The number of aromatic nitrogens is 7. The van der Waals surface area contributed by atoms with E-state index in [-0.39, 0.29) is 60.2 Å². The molecule has 0 bridgehead atoms. The number of anilines is 2. The molecule has 4 saturated heterocycles. The Balaban J connectivity index is 0.677. The highest BCUT2D eigenvalue weighted by atomic mass is 19.1. The molecule has 0 radical (unpaired) electrons. The summed E-state index contributed by atoms with van der Waals surface area (Å²) in [5, 5.41) is 12.2. The third-order valence-electron chi connectivity index (χ3n) is 13.7. The lowest BCUT2D eigenvalue weighted by Crippen LogP contribution is -2.50. The first-order valence-electron chi connectivity index (χ1n) is 23.0. The number of amides is 4. The van der Waals surface area contributed by atoms with Crippen LogP contribution in [0.5, 0.6) is 0 Å². The summed E-state index contributed by atoms with van der Waals surface area (Å²) >= 11 is 0. The molecule has 5 aromatic rings. The first-order chi connectivity index (χ1) is 32.2. The molecule has 1 aromatic carbocycles. The molecule has 19 nitrogen and oxygen atoms in total. The molecule has 3 N–H and O–H groups in total. The van der Waals surface area contributed by atoms with E-state index in [1.54, 1.807) is 27.1 Å². The highest BCUT2D eigenvalue weighted by Gasteiger charge is 2.39. The van der Waals surface area contributed by atoms with E-state index in [0.29, 0.717) is 97.8 Å². The Morgan fingerprint density at radius 2 is 1.57 bits per heavy atom. The molecule has 4 aliphatic heterocycles. The minimum atomic E-state index is -0.765. The van der Waals surface area contributed by atoms with Gasteiger partial charge in [-0.1, -0.05) is 5.16 Å². The van der Waals surface area contributed by atoms with E-state index in [9.17, 15) is 19.2 Å². The predicted molar refractivity (Wildman–Crippen MR) is 238 cm³/mol. The second-order valence-corrected chi connectivity index (χ2v) is 19.4. The van der Waals surface area contributed by atoms with Crippen molar-refractivity contribution < 1.29 is 37.2 Å². The number of carbonyl (C=O) groups is 4. The summed E-state index contributed by atoms with van der Waals surface area (Å²) in [5.41, 5.74) is 9.19. The SMILES string of the molecule is CC(C)(C)n1nc(-c2noc(C3CC3)c2-c2ncc(C3CN(C(=O)OCC(=O)N4CCC(CN5CCN(c6c(F)cc(C7CCC(=O)NC7=O)cc6F)CC5)CC4)C3)cn2)c2c(N)ncnc21. The van der Waals surface area contributed by atoms with Gasteiger partial charge in [0, 0.05) is 89.6 Å². The zero-order chi connectivity index (χ0) is 46.7.